The van der Waals surface area contributed by atoms with Crippen molar-refractivity contribution in [3.63, 3.8) is 0 Å². The molecule has 2 amide bonds. The summed E-state index contributed by atoms with van der Waals surface area (Å²) in [4.78, 5) is 39.5. The van der Waals surface area contributed by atoms with E-state index in [-0.39, 0.29) is 11.8 Å². The van der Waals surface area contributed by atoms with Crippen LogP contribution in [0.1, 0.15) is 11.8 Å². The maximum absolute atomic E-state index is 12.7. The van der Waals surface area contributed by atoms with Crippen molar-refractivity contribution in [2.75, 3.05) is 50.7 Å². The van der Waals surface area contributed by atoms with Gasteiger partial charge in [-0.1, -0.05) is 6.07 Å². The van der Waals surface area contributed by atoms with Crippen molar-refractivity contribution >= 4 is 29.1 Å². The highest BCUT2D eigenvalue weighted by Gasteiger charge is 2.25. The van der Waals surface area contributed by atoms with Gasteiger partial charge in [-0.25, -0.2) is 9.97 Å². The summed E-state index contributed by atoms with van der Waals surface area (Å²) in [7, 11) is 0. The number of hydrogen-bond acceptors (Lipinski definition) is 6. The van der Waals surface area contributed by atoms with E-state index in [9.17, 15) is 9.59 Å². The van der Waals surface area contributed by atoms with Gasteiger partial charge < -0.3 is 20.0 Å². The van der Waals surface area contributed by atoms with Gasteiger partial charge in [0.15, 0.2) is 13.1 Å². The minimum absolute atomic E-state index is 0.0240. The number of anilines is 1. The van der Waals surface area contributed by atoms with E-state index in [0.29, 0.717) is 38.7 Å². The third-order valence-electron chi connectivity index (χ3n) is 4.82. The van der Waals surface area contributed by atoms with Crippen LogP contribution in [0.3, 0.4) is 0 Å². The average molecular weight is 404 g/mol. The normalized spacial score (nSPS) is 15.3. The van der Waals surface area contributed by atoms with Crippen molar-refractivity contribution in [2.45, 2.75) is 13.5 Å². The van der Waals surface area contributed by atoms with E-state index >= 15 is 0 Å². The Kier molecular flexibility index (Phi) is 7.32. The Labute approximate surface area is 169 Å². The van der Waals surface area contributed by atoms with Crippen LogP contribution < -0.4 is 15.1 Å². The lowest BCUT2D eigenvalue weighted by atomic mass is 10.3. The van der Waals surface area contributed by atoms with Crippen LogP contribution in [0.25, 0.3) is 0 Å². The fourth-order valence-corrected chi connectivity index (χ4v) is 3.78. The molecule has 1 aliphatic heterocycles. The Morgan fingerprint density at radius 3 is 2.54 bits per heavy atom. The smallest absolute Gasteiger partial charge is 0.277 e. The van der Waals surface area contributed by atoms with Crippen molar-refractivity contribution < 1.29 is 14.5 Å². The topological polar surface area (TPSA) is 82.9 Å². The number of likely N-dealkylation sites (N-methyl/N-ethyl adjacent to an activating group) is 1. The summed E-state index contributed by atoms with van der Waals surface area (Å²) in [5.74, 6) is 0.776. The lowest BCUT2D eigenvalue weighted by Crippen LogP contribution is -3.14. The van der Waals surface area contributed by atoms with Crippen LogP contribution in [-0.4, -0.2) is 72.5 Å². The predicted octanol–water partition coefficient (Wildman–Crippen LogP) is -0.592. The number of thiophene rings is 1. The second kappa shape index (κ2) is 10.1. The van der Waals surface area contributed by atoms with E-state index in [2.05, 4.69) is 20.2 Å². The molecule has 2 N–H and O–H groups in total. The predicted molar refractivity (Wildman–Crippen MR) is 108 cm³/mol. The van der Waals surface area contributed by atoms with E-state index in [4.69, 9.17) is 0 Å². The lowest BCUT2D eigenvalue weighted by molar-refractivity contribution is -0.882. The summed E-state index contributed by atoms with van der Waals surface area (Å²) in [6.07, 6.45) is 3.46. The maximum Gasteiger partial charge on any atom is 0.277 e. The van der Waals surface area contributed by atoms with Gasteiger partial charge in [-0.05, 0) is 24.4 Å². The number of hydrogen-bond donors (Lipinski definition) is 2. The van der Waals surface area contributed by atoms with Gasteiger partial charge in [0.1, 0.15) is 0 Å². The molecule has 9 heteroatoms. The highest BCUT2D eigenvalue weighted by atomic mass is 32.1. The monoisotopic (exact) mass is 403 g/mol. The van der Waals surface area contributed by atoms with Crippen LogP contribution in [0.4, 0.5) is 5.95 Å². The van der Waals surface area contributed by atoms with E-state index in [1.54, 1.807) is 29.8 Å². The molecule has 2 aromatic heterocycles. The van der Waals surface area contributed by atoms with Crippen LogP contribution >= 0.6 is 11.3 Å². The molecular weight excluding hydrogens is 376 g/mol. The lowest BCUT2D eigenvalue weighted by Gasteiger charge is -2.35. The minimum atomic E-state index is -0.0240. The minimum Gasteiger partial charge on any atom is -0.346 e. The van der Waals surface area contributed by atoms with Crippen molar-refractivity contribution in [3.05, 3.63) is 40.8 Å². The molecule has 0 aliphatic carbocycles. The van der Waals surface area contributed by atoms with Gasteiger partial charge in [-0.15, -0.1) is 11.3 Å². The Morgan fingerprint density at radius 1 is 1.14 bits per heavy atom. The number of carbonyl (C=O) groups excluding carboxylic acids is 2. The van der Waals surface area contributed by atoms with Gasteiger partial charge in [-0.2, -0.15) is 0 Å². The number of carbonyl (C=O) groups is 2. The molecule has 1 aliphatic rings. The maximum atomic E-state index is 12.7. The van der Waals surface area contributed by atoms with Gasteiger partial charge in [0.25, 0.3) is 11.8 Å². The molecular formula is C19H27N6O2S+. The summed E-state index contributed by atoms with van der Waals surface area (Å²) in [5.41, 5.74) is 0. The van der Waals surface area contributed by atoms with Crippen LogP contribution in [0, 0.1) is 0 Å². The fraction of sp³-hybridized carbons (Fsp3) is 0.474. The van der Waals surface area contributed by atoms with Crippen molar-refractivity contribution in [2.24, 2.45) is 0 Å². The van der Waals surface area contributed by atoms with Crippen molar-refractivity contribution in [1.82, 2.24) is 20.2 Å². The fourth-order valence-electron chi connectivity index (χ4n) is 3.14. The molecule has 0 aromatic carbocycles. The first kappa shape index (κ1) is 20.2. The number of amides is 2. The second-order valence-corrected chi connectivity index (χ2v) is 7.76. The summed E-state index contributed by atoms with van der Waals surface area (Å²) in [6, 6.07) is 5.76. The molecule has 1 fully saturated rings. The summed E-state index contributed by atoms with van der Waals surface area (Å²) < 4.78 is 0. The first-order valence-electron chi connectivity index (χ1n) is 9.58. The molecule has 2 aromatic rings. The SMILES string of the molecule is CC[NH+](CC(=O)NCc1cccs1)CC(=O)N1CCN(c2ncccn2)CC1. The third-order valence-corrected chi connectivity index (χ3v) is 5.70. The van der Waals surface area contributed by atoms with Crippen LogP contribution in [0.5, 0.6) is 0 Å². The van der Waals surface area contributed by atoms with Gasteiger partial charge in [0, 0.05) is 43.4 Å². The highest BCUT2D eigenvalue weighted by Crippen LogP contribution is 2.09. The first-order valence-corrected chi connectivity index (χ1v) is 10.5. The largest absolute Gasteiger partial charge is 0.346 e. The van der Waals surface area contributed by atoms with Crippen molar-refractivity contribution in [3.8, 4) is 0 Å². The molecule has 1 saturated heterocycles. The number of quaternary nitrogens is 1. The number of rotatable bonds is 8. The quantitative estimate of drug-likeness (QED) is 0.616. The van der Waals surface area contributed by atoms with Crippen LogP contribution in [0.2, 0.25) is 0 Å². The number of aromatic nitrogens is 2. The molecule has 0 radical (unpaired) electrons. The zero-order chi connectivity index (χ0) is 19.8. The van der Waals surface area contributed by atoms with Gasteiger partial charge >= 0.3 is 0 Å². The Hall–Kier alpha value is -2.52. The number of nitrogens with zero attached hydrogens (tertiary/aromatic N) is 4. The zero-order valence-corrected chi connectivity index (χ0v) is 17.0. The molecule has 3 rings (SSSR count). The van der Waals surface area contributed by atoms with E-state index in [0.717, 1.165) is 29.4 Å². The van der Waals surface area contributed by atoms with Crippen LogP contribution in [0.15, 0.2) is 36.0 Å². The number of nitrogens with one attached hydrogen (secondary N) is 2. The summed E-state index contributed by atoms with van der Waals surface area (Å²) >= 11 is 1.62. The Bertz CT molecular complexity index is 747. The molecule has 1 atom stereocenters. The van der Waals surface area contributed by atoms with Crippen LogP contribution in [-0.2, 0) is 16.1 Å². The summed E-state index contributed by atoms with van der Waals surface area (Å²) in [5, 5.41) is 4.93. The molecule has 28 heavy (non-hydrogen) atoms. The molecule has 1 unspecified atom stereocenters. The second-order valence-electron chi connectivity index (χ2n) is 6.73. The Balaban J connectivity index is 1.42. The number of piperazine rings is 1. The standard InChI is InChI=1S/C19H26N6O2S/c1-2-23(14-17(26)22-13-16-5-3-12-28-16)15-18(27)24-8-10-25(11-9-24)19-20-6-4-7-21-19/h3-7,12H,2,8-11,13-15H2,1H3,(H,22,26)/p+1. The molecule has 3 heterocycles. The van der Waals surface area contributed by atoms with E-state index in [1.165, 1.54) is 0 Å². The Morgan fingerprint density at radius 2 is 1.89 bits per heavy atom. The summed E-state index contributed by atoms with van der Waals surface area (Å²) in [6.45, 7) is 6.67. The van der Waals surface area contributed by atoms with Gasteiger partial charge in [-0.3, -0.25) is 9.59 Å². The van der Waals surface area contributed by atoms with Gasteiger partial charge in [0.05, 0.1) is 13.1 Å². The highest BCUT2D eigenvalue weighted by molar-refractivity contribution is 7.09. The first-order chi connectivity index (χ1) is 13.7. The molecule has 8 nitrogen and oxygen atoms in total. The van der Waals surface area contributed by atoms with E-state index < -0.39 is 0 Å². The third kappa shape index (κ3) is 5.74. The average Bonchev–Trinajstić information content (AvgIpc) is 3.26. The van der Waals surface area contributed by atoms with E-state index in [1.807, 2.05) is 29.3 Å². The molecule has 150 valence electrons. The molecule has 0 bridgehead atoms. The van der Waals surface area contributed by atoms with Crippen molar-refractivity contribution in [1.29, 1.82) is 0 Å². The molecule has 0 saturated carbocycles. The van der Waals surface area contributed by atoms with Gasteiger partial charge in [0.2, 0.25) is 5.95 Å². The molecule has 0 spiro atoms. The zero-order valence-electron chi connectivity index (χ0n) is 16.1.